The lowest BCUT2D eigenvalue weighted by Gasteiger charge is -1.98. The molecule has 3 rings (SSSR count). The molecular weight excluding hydrogens is 230 g/mol. The molecule has 2 N–H and O–H groups in total. The van der Waals surface area contributed by atoms with E-state index in [1.54, 1.807) is 11.3 Å². The molecule has 0 saturated carbocycles. The van der Waals surface area contributed by atoms with E-state index < -0.39 is 0 Å². The van der Waals surface area contributed by atoms with E-state index in [0.29, 0.717) is 5.69 Å². The first-order valence-corrected chi connectivity index (χ1v) is 6.22. The largest absolute Gasteiger partial charge is 0.396 e. The van der Waals surface area contributed by atoms with Gasteiger partial charge >= 0.3 is 0 Å². The minimum absolute atomic E-state index is 0.701. The predicted molar refractivity (Wildman–Crippen MR) is 71.3 cm³/mol. The van der Waals surface area contributed by atoms with Crippen molar-refractivity contribution in [2.45, 2.75) is 0 Å². The van der Waals surface area contributed by atoms with Crippen LogP contribution >= 0.6 is 11.3 Å². The van der Waals surface area contributed by atoms with Crippen LogP contribution in [0.3, 0.4) is 0 Å². The van der Waals surface area contributed by atoms with Gasteiger partial charge < -0.3 is 5.73 Å². The molecule has 0 unspecified atom stereocenters. The van der Waals surface area contributed by atoms with E-state index in [1.165, 1.54) is 0 Å². The fraction of sp³-hybridized carbons (Fsp3) is 0. The highest BCUT2D eigenvalue weighted by Crippen LogP contribution is 2.26. The van der Waals surface area contributed by atoms with E-state index in [1.807, 2.05) is 58.0 Å². The van der Waals surface area contributed by atoms with Crippen molar-refractivity contribution in [1.82, 2.24) is 9.78 Å². The van der Waals surface area contributed by atoms with Gasteiger partial charge in [-0.25, -0.2) is 4.68 Å². The minimum atomic E-state index is 0.701. The Morgan fingerprint density at radius 1 is 1.12 bits per heavy atom. The predicted octanol–water partition coefficient (Wildman–Crippen LogP) is 3.18. The van der Waals surface area contributed by atoms with E-state index in [0.717, 1.165) is 16.9 Å². The number of para-hydroxylation sites is 1. The number of benzene rings is 1. The van der Waals surface area contributed by atoms with Gasteiger partial charge in [0.1, 0.15) is 5.69 Å². The second kappa shape index (κ2) is 4.07. The van der Waals surface area contributed by atoms with Crippen LogP contribution in [0.25, 0.3) is 16.9 Å². The van der Waals surface area contributed by atoms with Crippen LogP contribution in [0.1, 0.15) is 0 Å². The average Bonchev–Trinajstić information content (AvgIpc) is 2.99. The number of nitrogens with zero attached hydrogens (tertiary/aromatic N) is 2. The number of nitrogens with two attached hydrogens (primary N) is 1. The molecule has 84 valence electrons. The highest BCUT2D eigenvalue weighted by Gasteiger charge is 2.09. The second-order valence-corrected chi connectivity index (χ2v) is 4.51. The van der Waals surface area contributed by atoms with Crippen LogP contribution in [0.4, 0.5) is 5.69 Å². The molecule has 3 aromatic rings. The van der Waals surface area contributed by atoms with Crippen LogP contribution in [0.5, 0.6) is 0 Å². The summed E-state index contributed by atoms with van der Waals surface area (Å²) in [5.41, 5.74) is 9.62. The molecule has 0 saturated heterocycles. The summed E-state index contributed by atoms with van der Waals surface area (Å²) in [6.07, 6.45) is 1.85. The van der Waals surface area contributed by atoms with E-state index in [2.05, 4.69) is 5.10 Å². The van der Waals surface area contributed by atoms with Crippen LogP contribution < -0.4 is 5.73 Å². The summed E-state index contributed by atoms with van der Waals surface area (Å²) >= 11 is 1.64. The molecule has 0 aliphatic rings. The summed E-state index contributed by atoms with van der Waals surface area (Å²) in [6.45, 7) is 0. The molecule has 0 bridgehead atoms. The molecule has 0 amide bonds. The highest BCUT2D eigenvalue weighted by atomic mass is 32.1. The molecule has 4 heteroatoms. The maximum atomic E-state index is 5.99. The second-order valence-electron chi connectivity index (χ2n) is 3.73. The zero-order valence-corrected chi connectivity index (χ0v) is 9.89. The molecule has 0 atom stereocenters. The monoisotopic (exact) mass is 241 g/mol. The highest BCUT2D eigenvalue weighted by molar-refractivity contribution is 7.08. The van der Waals surface area contributed by atoms with E-state index in [-0.39, 0.29) is 0 Å². The Hall–Kier alpha value is -2.07. The van der Waals surface area contributed by atoms with Gasteiger partial charge in [0, 0.05) is 10.9 Å². The number of anilines is 1. The van der Waals surface area contributed by atoms with Gasteiger partial charge in [-0.3, -0.25) is 0 Å². The van der Waals surface area contributed by atoms with E-state index in [9.17, 15) is 0 Å². The number of aromatic nitrogens is 2. The fourth-order valence-electron chi connectivity index (χ4n) is 1.72. The molecule has 3 nitrogen and oxygen atoms in total. The summed E-state index contributed by atoms with van der Waals surface area (Å²) in [6, 6.07) is 12.0. The zero-order valence-electron chi connectivity index (χ0n) is 9.08. The van der Waals surface area contributed by atoms with Crippen LogP contribution in [0.15, 0.2) is 53.4 Å². The first-order valence-electron chi connectivity index (χ1n) is 5.28. The number of thiophene rings is 1. The summed E-state index contributed by atoms with van der Waals surface area (Å²) < 4.78 is 1.81. The van der Waals surface area contributed by atoms with Crippen molar-refractivity contribution in [1.29, 1.82) is 0 Å². The van der Waals surface area contributed by atoms with Gasteiger partial charge in [0.05, 0.1) is 17.6 Å². The standard InChI is InChI=1S/C13H11N3S/c14-12-8-16(11-4-2-1-3-5-11)15-13(12)10-6-7-17-9-10/h1-9H,14H2. The molecule has 1 aromatic carbocycles. The minimum Gasteiger partial charge on any atom is -0.396 e. The van der Waals surface area contributed by atoms with E-state index >= 15 is 0 Å². The molecule has 2 heterocycles. The van der Waals surface area contributed by atoms with Gasteiger partial charge in [0.2, 0.25) is 0 Å². The SMILES string of the molecule is Nc1cn(-c2ccccc2)nc1-c1ccsc1. The van der Waals surface area contributed by atoms with Crippen molar-refractivity contribution in [2.75, 3.05) is 5.73 Å². The Morgan fingerprint density at radius 2 is 1.94 bits per heavy atom. The van der Waals surface area contributed by atoms with Crippen LogP contribution in [-0.2, 0) is 0 Å². The van der Waals surface area contributed by atoms with Gasteiger partial charge in [-0.05, 0) is 23.6 Å². The Labute approximate surface area is 103 Å². The molecule has 0 fully saturated rings. The van der Waals surface area contributed by atoms with Gasteiger partial charge in [0.15, 0.2) is 0 Å². The number of nitrogen functional groups attached to an aromatic ring is 1. The van der Waals surface area contributed by atoms with Crippen molar-refractivity contribution < 1.29 is 0 Å². The molecule has 0 aliphatic heterocycles. The van der Waals surface area contributed by atoms with Crippen molar-refractivity contribution in [2.24, 2.45) is 0 Å². The van der Waals surface area contributed by atoms with Crippen molar-refractivity contribution in [3.63, 3.8) is 0 Å². The van der Waals surface area contributed by atoms with Crippen molar-refractivity contribution in [3.05, 3.63) is 53.4 Å². The average molecular weight is 241 g/mol. The topological polar surface area (TPSA) is 43.8 Å². The molecular formula is C13H11N3S. The Kier molecular flexibility index (Phi) is 2.42. The lowest BCUT2D eigenvalue weighted by molar-refractivity contribution is 0.885. The summed E-state index contributed by atoms with van der Waals surface area (Å²) in [5.74, 6) is 0. The maximum absolute atomic E-state index is 5.99. The zero-order chi connectivity index (χ0) is 11.7. The molecule has 17 heavy (non-hydrogen) atoms. The summed E-state index contributed by atoms with van der Waals surface area (Å²) in [7, 11) is 0. The Morgan fingerprint density at radius 3 is 2.65 bits per heavy atom. The number of hydrogen-bond donors (Lipinski definition) is 1. The molecule has 0 spiro atoms. The van der Waals surface area contributed by atoms with Crippen LogP contribution in [0.2, 0.25) is 0 Å². The Bertz CT molecular complexity index is 611. The van der Waals surface area contributed by atoms with Gasteiger partial charge in [-0.1, -0.05) is 18.2 Å². The van der Waals surface area contributed by atoms with Gasteiger partial charge in [-0.2, -0.15) is 16.4 Å². The smallest absolute Gasteiger partial charge is 0.116 e. The van der Waals surface area contributed by atoms with E-state index in [4.69, 9.17) is 5.73 Å². The lowest BCUT2D eigenvalue weighted by atomic mass is 10.2. The third-order valence-electron chi connectivity index (χ3n) is 2.56. The van der Waals surface area contributed by atoms with Crippen LogP contribution in [0, 0.1) is 0 Å². The fourth-order valence-corrected chi connectivity index (χ4v) is 2.36. The molecule has 0 radical (unpaired) electrons. The number of hydrogen-bond acceptors (Lipinski definition) is 3. The Balaban J connectivity index is 2.08. The molecule has 0 aliphatic carbocycles. The van der Waals surface area contributed by atoms with Gasteiger partial charge in [-0.15, -0.1) is 0 Å². The lowest BCUT2D eigenvalue weighted by Crippen LogP contribution is -1.93. The van der Waals surface area contributed by atoms with Crippen LogP contribution in [-0.4, -0.2) is 9.78 Å². The first kappa shape index (κ1) is 10.1. The third kappa shape index (κ3) is 1.83. The van der Waals surface area contributed by atoms with Crippen molar-refractivity contribution >= 4 is 17.0 Å². The maximum Gasteiger partial charge on any atom is 0.116 e. The van der Waals surface area contributed by atoms with Crippen molar-refractivity contribution in [3.8, 4) is 16.9 Å². The third-order valence-corrected chi connectivity index (χ3v) is 3.24. The summed E-state index contributed by atoms with van der Waals surface area (Å²) in [5, 5.41) is 8.59. The normalized spacial score (nSPS) is 10.6. The summed E-state index contributed by atoms with van der Waals surface area (Å²) in [4.78, 5) is 0. The number of rotatable bonds is 2. The quantitative estimate of drug-likeness (QED) is 0.748. The first-order chi connectivity index (χ1) is 8.34. The molecule has 2 aromatic heterocycles. The van der Waals surface area contributed by atoms with Gasteiger partial charge in [0.25, 0.3) is 0 Å².